The molecule has 2 rings (SSSR count). The molecule has 1 aliphatic carbocycles. The van der Waals surface area contributed by atoms with Crippen LogP contribution in [0.1, 0.15) is 38.2 Å². The minimum atomic E-state index is -0.289. The molecule has 1 amide bonds. The third-order valence-electron chi connectivity index (χ3n) is 3.75. The van der Waals surface area contributed by atoms with E-state index >= 15 is 0 Å². The van der Waals surface area contributed by atoms with E-state index in [4.69, 9.17) is 29.6 Å². The summed E-state index contributed by atoms with van der Waals surface area (Å²) in [6.07, 6.45) is 4.05. The van der Waals surface area contributed by atoms with Crippen LogP contribution in [0.3, 0.4) is 0 Å². The Morgan fingerprint density at radius 2 is 2.05 bits per heavy atom. The number of hydrogen-bond acceptors (Lipinski definition) is 2. The first-order valence-electron chi connectivity index (χ1n) is 6.33. The van der Waals surface area contributed by atoms with Gasteiger partial charge in [-0.2, -0.15) is 0 Å². The van der Waals surface area contributed by atoms with Gasteiger partial charge in [-0.1, -0.05) is 49.7 Å². The largest absolute Gasteiger partial charge is 0.389 e. The van der Waals surface area contributed by atoms with Gasteiger partial charge in [0, 0.05) is 11.0 Å². The minimum Gasteiger partial charge on any atom is -0.389 e. The third-order valence-corrected chi connectivity index (χ3v) is 4.32. The third kappa shape index (κ3) is 3.07. The number of thiocarbonyl (C=S) groups is 1. The van der Waals surface area contributed by atoms with Crippen molar-refractivity contribution in [1.82, 2.24) is 0 Å². The van der Waals surface area contributed by atoms with Crippen LogP contribution < -0.4 is 11.1 Å². The lowest BCUT2D eigenvalue weighted by Crippen LogP contribution is -2.31. The predicted molar refractivity (Wildman–Crippen MR) is 82.5 cm³/mol. The molecule has 1 fully saturated rings. The number of halogens is 1. The molecule has 3 N–H and O–H groups in total. The number of nitrogens with one attached hydrogen (secondary N) is 1. The van der Waals surface area contributed by atoms with Crippen molar-refractivity contribution in [3.05, 3.63) is 28.8 Å². The van der Waals surface area contributed by atoms with E-state index in [1.165, 1.54) is 0 Å². The highest BCUT2D eigenvalue weighted by molar-refractivity contribution is 7.80. The van der Waals surface area contributed by atoms with Crippen LogP contribution in [0, 0.1) is 5.41 Å². The number of rotatable bonds is 3. The normalized spacial score (nSPS) is 17.2. The summed E-state index contributed by atoms with van der Waals surface area (Å²) in [4.78, 5) is 12.6. The van der Waals surface area contributed by atoms with Crippen LogP contribution in [-0.2, 0) is 4.79 Å². The zero-order valence-electron chi connectivity index (χ0n) is 10.8. The number of nitrogens with two attached hydrogens (primary N) is 1. The second kappa shape index (κ2) is 5.47. The van der Waals surface area contributed by atoms with Crippen LogP contribution in [0.15, 0.2) is 18.2 Å². The van der Waals surface area contributed by atoms with Crippen molar-refractivity contribution in [2.24, 2.45) is 11.1 Å². The average molecular weight is 297 g/mol. The van der Waals surface area contributed by atoms with Crippen LogP contribution >= 0.6 is 23.8 Å². The fourth-order valence-electron chi connectivity index (χ4n) is 2.43. The monoisotopic (exact) mass is 296 g/mol. The maximum absolute atomic E-state index is 12.3. The summed E-state index contributed by atoms with van der Waals surface area (Å²) in [5.74, 6) is 0.0204. The maximum Gasteiger partial charge on any atom is 0.230 e. The lowest BCUT2D eigenvalue weighted by atomic mass is 9.88. The predicted octanol–water partition coefficient (Wildman–Crippen LogP) is 3.49. The van der Waals surface area contributed by atoms with Gasteiger partial charge in [-0.05, 0) is 25.0 Å². The Hall–Kier alpha value is -1.13. The summed E-state index contributed by atoms with van der Waals surface area (Å²) >= 11 is 11.0. The summed E-state index contributed by atoms with van der Waals surface area (Å²) in [6.45, 7) is 2.00. The minimum absolute atomic E-state index is 0.0204. The van der Waals surface area contributed by atoms with Crippen LogP contribution in [-0.4, -0.2) is 10.9 Å². The number of carbonyl (C=O) groups excluding carboxylic acids is 1. The Bertz CT molecular complexity index is 524. The van der Waals surface area contributed by atoms with Crippen molar-refractivity contribution < 1.29 is 4.79 Å². The summed E-state index contributed by atoms with van der Waals surface area (Å²) in [5.41, 5.74) is 6.57. The second-order valence-corrected chi connectivity index (χ2v) is 6.13. The Labute approximate surface area is 123 Å². The highest BCUT2D eigenvalue weighted by Gasteiger charge is 2.36. The summed E-state index contributed by atoms with van der Waals surface area (Å²) in [7, 11) is 0. The molecule has 0 radical (unpaired) electrons. The van der Waals surface area contributed by atoms with Gasteiger partial charge in [-0.3, -0.25) is 4.79 Å². The van der Waals surface area contributed by atoms with Gasteiger partial charge in [0.05, 0.1) is 10.7 Å². The van der Waals surface area contributed by atoms with Crippen molar-refractivity contribution in [3.8, 4) is 0 Å². The van der Waals surface area contributed by atoms with Gasteiger partial charge in [-0.25, -0.2) is 0 Å². The fourth-order valence-corrected chi connectivity index (χ4v) is 2.72. The van der Waals surface area contributed by atoms with Gasteiger partial charge < -0.3 is 11.1 Å². The highest BCUT2D eigenvalue weighted by atomic mass is 35.5. The molecule has 1 aromatic rings. The molecule has 0 aromatic heterocycles. The molecule has 0 bridgehead atoms. The molecule has 102 valence electrons. The maximum atomic E-state index is 12.3. The van der Waals surface area contributed by atoms with Crippen molar-refractivity contribution >= 4 is 40.4 Å². The molecule has 1 aromatic carbocycles. The fraction of sp³-hybridized carbons (Fsp3) is 0.429. The first-order chi connectivity index (χ1) is 8.92. The van der Waals surface area contributed by atoms with Crippen LogP contribution in [0.4, 0.5) is 5.69 Å². The van der Waals surface area contributed by atoms with E-state index < -0.39 is 0 Å². The quantitative estimate of drug-likeness (QED) is 0.840. The Morgan fingerprint density at radius 3 is 2.63 bits per heavy atom. The molecule has 1 saturated carbocycles. The zero-order chi connectivity index (χ0) is 14.0. The van der Waals surface area contributed by atoms with Crippen LogP contribution in [0.25, 0.3) is 0 Å². The number of amides is 1. The van der Waals surface area contributed by atoms with Gasteiger partial charge in [0.2, 0.25) is 5.91 Å². The van der Waals surface area contributed by atoms with E-state index in [2.05, 4.69) is 5.32 Å². The number of benzene rings is 1. The van der Waals surface area contributed by atoms with Crippen molar-refractivity contribution in [2.45, 2.75) is 32.6 Å². The SMILES string of the molecule is CC1(C(=O)Nc2cc(C(N)=S)ccc2Cl)CCCC1. The molecule has 19 heavy (non-hydrogen) atoms. The number of carbonyl (C=O) groups is 1. The van der Waals surface area contributed by atoms with E-state index in [1.807, 2.05) is 6.92 Å². The second-order valence-electron chi connectivity index (χ2n) is 5.28. The average Bonchev–Trinajstić information content (AvgIpc) is 2.80. The molecule has 3 nitrogen and oxygen atoms in total. The Balaban J connectivity index is 2.20. The molecular formula is C14H17ClN2OS. The first-order valence-corrected chi connectivity index (χ1v) is 7.12. The van der Waals surface area contributed by atoms with E-state index in [-0.39, 0.29) is 11.3 Å². The molecule has 0 atom stereocenters. The summed E-state index contributed by atoms with van der Waals surface area (Å²) < 4.78 is 0. The van der Waals surface area contributed by atoms with Gasteiger partial charge in [0.15, 0.2) is 0 Å². The van der Waals surface area contributed by atoms with Gasteiger partial charge >= 0.3 is 0 Å². The zero-order valence-corrected chi connectivity index (χ0v) is 12.4. The smallest absolute Gasteiger partial charge is 0.230 e. The summed E-state index contributed by atoms with van der Waals surface area (Å²) in [6, 6.07) is 5.17. The molecule has 0 spiro atoms. The van der Waals surface area contributed by atoms with Crippen LogP contribution in [0.5, 0.6) is 0 Å². The molecule has 5 heteroatoms. The van der Waals surface area contributed by atoms with E-state index in [0.29, 0.717) is 21.3 Å². The topological polar surface area (TPSA) is 55.1 Å². The first kappa shape index (κ1) is 14.3. The summed E-state index contributed by atoms with van der Waals surface area (Å²) in [5, 5.41) is 3.40. The lowest BCUT2D eigenvalue weighted by molar-refractivity contribution is -0.124. The molecule has 1 aliphatic rings. The number of hydrogen-bond donors (Lipinski definition) is 2. The number of anilines is 1. The lowest BCUT2D eigenvalue weighted by Gasteiger charge is -2.22. The molecule has 0 heterocycles. The van der Waals surface area contributed by atoms with E-state index in [1.54, 1.807) is 18.2 Å². The molecular weight excluding hydrogens is 280 g/mol. The van der Waals surface area contributed by atoms with Gasteiger partial charge in [-0.15, -0.1) is 0 Å². The van der Waals surface area contributed by atoms with Gasteiger partial charge in [0.25, 0.3) is 0 Å². The van der Waals surface area contributed by atoms with Crippen molar-refractivity contribution in [1.29, 1.82) is 0 Å². The highest BCUT2D eigenvalue weighted by Crippen LogP contribution is 2.39. The van der Waals surface area contributed by atoms with Crippen molar-refractivity contribution in [2.75, 3.05) is 5.32 Å². The molecule has 0 saturated heterocycles. The van der Waals surface area contributed by atoms with Crippen molar-refractivity contribution in [3.63, 3.8) is 0 Å². The molecule has 0 unspecified atom stereocenters. The van der Waals surface area contributed by atoms with Gasteiger partial charge in [0.1, 0.15) is 4.99 Å². The standard InChI is InChI=1S/C14H17ClN2OS/c1-14(6-2-3-7-14)13(18)17-11-8-9(12(16)19)4-5-10(11)15/h4-5,8H,2-3,6-7H2,1H3,(H2,16,19)(H,17,18). The van der Waals surface area contributed by atoms with E-state index in [0.717, 1.165) is 25.7 Å². The van der Waals surface area contributed by atoms with Crippen LogP contribution in [0.2, 0.25) is 5.02 Å². The Kier molecular flexibility index (Phi) is 4.11. The van der Waals surface area contributed by atoms with E-state index in [9.17, 15) is 4.79 Å². The molecule has 0 aliphatic heterocycles. The Morgan fingerprint density at radius 1 is 1.42 bits per heavy atom.